The number of nitro benzene ring substituents is 1. The van der Waals surface area contributed by atoms with Crippen LogP contribution >= 0.6 is 0 Å². The number of non-ortho nitro benzene ring substituents is 1. The third-order valence-corrected chi connectivity index (χ3v) is 4.67. The fourth-order valence-electron chi connectivity index (χ4n) is 3.10. The highest BCUT2D eigenvalue weighted by Crippen LogP contribution is 2.27. The topological polar surface area (TPSA) is 113 Å². The van der Waals surface area contributed by atoms with Gasteiger partial charge in [-0.15, -0.1) is 0 Å². The molecule has 0 aliphatic carbocycles. The average Bonchev–Trinajstić information content (AvgIpc) is 2.66. The summed E-state index contributed by atoms with van der Waals surface area (Å²) in [5.41, 5.74) is 0.573. The van der Waals surface area contributed by atoms with Gasteiger partial charge in [0.05, 0.1) is 4.92 Å². The number of amides is 4. The molecule has 1 aromatic carbocycles. The molecule has 2 rings (SSSR count). The summed E-state index contributed by atoms with van der Waals surface area (Å²) < 4.78 is 0. The number of imide groups is 2. The third kappa shape index (κ3) is 5.40. The summed E-state index contributed by atoms with van der Waals surface area (Å²) in [6.45, 7) is 2.31. The lowest BCUT2D eigenvalue weighted by molar-refractivity contribution is -0.384. The van der Waals surface area contributed by atoms with Gasteiger partial charge in [-0.25, -0.2) is 4.79 Å². The second kappa shape index (κ2) is 9.81. The minimum Gasteiger partial charge on any atom is -0.377 e. The van der Waals surface area contributed by atoms with Gasteiger partial charge in [0, 0.05) is 44.0 Å². The lowest BCUT2D eigenvalue weighted by Crippen LogP contribution is -2.54. The van der Waals surface area contributed by atoms with Crippen molar-refractivity contribution in [1.82, 2.24) is 10.2 Å². The van der Waals surface area contributed by atoms with Crippen molar-refractivity contribution in [2.75, 3.05) is 25.5 Å². The molecular weight excluding hydrogens is 376 g/mol. The summed E-state index contributed by atoms with van der Waals surface area (Å²) in [5, 5.41) is 13.3. The first kappa shape index (κ1) is 22.1. The largest absolute Gasteiger partial charge is 0.377 e. The summed E-state index contributed by atoms with van der Waals surface area (Å²) in [7, 11) is 3.50. The van der Waals surface area contributed by atoms with Crippen LogP contribution in [-0.4, -0.2) is 48.3 Å². The number of carbonyl (C=O) groups excluding carboxylic acids is 3. The fourth-order valence-corrected chi connectivity index (χ4v) is 3.10. The van der Waals surface area contributed by atoms with Gasteiger partial charge in [0.2, 0.25) is 0 Å². The van der Waals surface area contributed by atoms with E-state index in [0.717, 1.165) is 30.6 Å². The first-order valence-electron chi connectivity index (χ1n) is 9.61. The van der Waals surface area contributed by atoms with Crippen LogP contribution in [-0.2, 0) is 9.59 Å². The molecule has 0 atom stereocenters. The van der Waals surface area contributed by atoms with E-state index in [1.807, 2.05) is 0 Å². The molecule has 9 nitrogen and oxygen atoms in total. The third-order valence-electron chi connectivity index (χ3n) is 4.67. The lowest BCUT2D eigenvalue weighted by Gasteiger charge is -2.26. The number of benzene rings is 1. The van der Waals surface area contributed by atoms with Gasteiger partial charge in [0.25, 0.3) is 17.5 Å². The maximum atomic E-state index is 12.8. The van der Waals surface area contributed by atoms with Gasteiger partial charge in [-0.05, 0) is 18.6 Å². The molecule has 9 heteroatoms. The molecule has 1 saturated heterocycles. The van der Waals surface area contributed by atoms with Gasteiger partial charge in [-0.1, -0.05) is 32.6 Å². The second-order valence-electron chi connectivity index (χ2n) is 7.08. The molecule has 1 aliphatic heterocycles. The van der Waals surface area contributed by atoms with Crippen LogP contribution in [0.25, 0.3) is 6.08 Å². The lowest BCUT2D eigenvalue weighted by atomic mass is 10.0. The van der Waals surface area contributed by atoms with Crippen LogP contribution in [0.3, 0.4) is 0 Å². The number of hydrogen-bond donors (Lipinski definition) is 1. The molecule has 0 bridgehead atoms. The Kier molecular flexibility index (Phi) is 7.46. The Hall–Kier alpha value is -3.23. The Bertz CT molecular complexity index is 847. The van der Waals surface area contributed by atoms with Gasteiger partial charge in [-0.3, -0.25) is 29.9 Å². The van der Waals surface area contributed by atoms with Crippen LogP contribution in [0.15, 0.2) is 23.8 Å². The average molecular weight is 402 g/mol. The van der Waals surface area contributed by atoms with Crippen molar-refractivity contribution in [2.24, 2.45) is 0 Å². The second-order valence-corrected chi connectivity index (χ2v) is 7.08. The van der Waals surface area contributed by atoms with E-state index in [2.05, 4.69) is 12.2 Å². The highest BCUT2D eigenvalue weighted by molar-refractivity contribution is 6.31. The van der Waals surface area contributed by atoms with E-state index in [1.54, 1.807) is 25.1 Å². The molecule has 4 amide bonds. The van der Waals surface area contributed by atoms with Crippen molar-refractivity contribution < 1.29 is 19.3 Å². The van der Waals surface area contributed by atoms with Gasteiger partial charge < -0.3 is 4.90 Å². The van der Waals surface area contributed by atoms with Crippen LogP contribution in [0, 0.1) is 10.1 Å². The Labute approximate surface area is 169 Å². The molecular formula is C20H26N4O5. The number of carbonyl (C=O) groups is 3. The number of nitrogens with one attached hydrogen (secondary N) is 1. The van der Waals surface area contributed by atoms with Crippen molar-refractivity contribution in [3.63, 3.8) is 0 Å². The number of nitro groups is 1. The molecule has 0 aromatic heterocycles. The quantitative estimate of drug-likeness (QED) is 0.223. The normalized spacial score (nSPS) is 15.6. The summed E-state index contributed by atoms with van der Waals surface area (Å²) in [6, 6.07) is 3.46. The van der Waals surface area contributed by atoms with Gasteiger partial charge in [0.15, 0.2) is 0 Å². The summed E-state index contributed by atoms with van der Waals surface area (Å²) in [6.07, 6.45) is 6.03. The van der Waals surface area contributed by atoms with Crippen molar-refractivity contribution in [1.29, 1.82) is 0 Å². The highest BCUT2D eigenvalue weighted by Gasteiger charge is 2.35. The Morgan fingerprint density at radius 3 is 2.45 bits per heavy atom. The first-order chi connectivity index (χ1) is 13.8. The predicted molar refractivity (Wildman–Crippen MR) is 109 cm³/mol. The van der Waals surface area contributed by atoms with E-state index in [0.29, 0.717) is 17.7 Å². The smallest absolute Gasteiger partial charge is 0.331 e. The molecule has 0 spiro atoms. The minimum atomic E-state index is -0.807. The Morgan fingerprint density at radius 1 is 1.14 bits per heavy atom. The number of hydrogen-bond acceptors (Lipinski definition) is 6. The highest BCUT2D eigenvalue weighted by atomic mass is 16.6. The monoisotopic (exact) mass is 402 g/mol. The van der Waals surface area contributed by atoms with Crippen LogP contribution in [0.5, 0.6) is 0 Å². The molecule has 156 valence electrons. The molecule has 1 heterocycles. The molecule has 1 aliphatic rings. The summed E-state index contributed by atoms with van der Waals surface area (Å²) >= 11 is 0. The van der Waals surface area contributed by atoms with Crippen LogP contribution < -0.4 is 10.2 Å². The zero-order chi connectivity index (χ0) is 21.6. The van der Waals surface area contributed by atoms with Crippen LogP contribution in [0.4, 0.5) is 16.2 Å². The van der Waals surface area contributed by atoms with Gasteiger partial charge >= 0.3 is 6.03 Å². The molecule has 0 unspecified atom stereocenters. The molecule has 1 fully saturated rings. The van der Waals surface area contributed by atoms with E-state index in [-0.39, 0.29) is 17.8 Å². The number of nitrogens with zero attached hydrogens (tertiary/aromatic N) is 3. The molecule has 1 aromatic rings. The van der Waals surface area contributed by atoms with E-state index in [4.69, 9.17) is 0 Å². The van der Waals surface area contributed by atoms with Gasteiger partial charge in [-0.2, -0.15) is 0 Å². The minimum absolute atomic E-state index is 0.157. The number of anilines is 1. The number of unbranched alkanes of at least 4 members (excludes halogenated alkanes) is 4. The first-order valence-corrected chi connectivity index (χ1v) is 9.61. The molecule has 29 heavy (non-hydrogen) atoms. The van der Waals surface area contributed by atoms with E-state index >= 15 is 0 Å². The maximum Gasteiger partial charge on any atom is 0.331 e. The molecule has 0 saturated carbocycles. The van der Waals surface area contributed by atoms with Crippen molar-refractivity contribution in [3.8, 4) is 0 Å². The Morgan fingerprint density at radius 2 is 1.83 bits per heavy atom. The Balaban J connectivity index is 2.32. The zero-order valence-electron chi connectivity index (χ0n) is 16.9. The SMILES string of the molecule is CCCCCCCN1C(=O)NC(=O)/C(=C/c2cc([N+](=O)[O-])ccc2N(C)C)C1=O. The van der Waals surface area contributed by atoms with Crippen LogP contribution in [0.2, 0.25) is 0 Å². The van der Waals surface area contributed by atoms with Crippen molar-refractivity contribution in [2.45, 2.75) is 39.0 Å². The van der Waals surface area contributed by atoms with E-state index in [1.165, 1.54) is 18.2 Å². The number of rotatable bonds is 9. The molecule has 0 radical (unpaired) electrons. The van der Waals surface area contributed by atoms with Crippen molar-refractivity contribution >= 4 is 35.3 Å². The standard InChI is InChI=1S/C20H26N4O5/c1-4-5-6-7-8-11-23-19(26)16(18(25)21-20(23)27)13-14-12-15(24(28)29)9-10-17(14)22(2)3/h9-10,12-13H,4-8,11H2,1-3H3,(H,21,25,27)/b16-13-. The summed E-state index contributed by atoms with van der Waals surface area (Å²) in [4.78, 5) is 50.5. The molecule has 1 N–H and O–H groups in total. The fraction of sp³-hybridized carbons (Fsp3) is 0.450. The van der Waals surface area contributed by atoms with Gasteiger partial charge in [0.1, 0.15) is 5.57 Å². The number of barbiturate groups is 1. The van der Waals surface area contributed by atoms with E-state index < -0.39 is 22.8 Å². The zero-order valence-corrected chi connectivity index (χ0v) is 16.9. The van der Waals surface area contributed by atoms with E-state index in [9.17, 15) is 24.5 Å². The van der Waals surface area contributed by atoms with Crippen LogP contribution in [0.1, 0.15) is 44.6 Å². The maximum absolute atomic E-state index is 12.8. The summed E-state index contributed by atoms with van der Waals surface area (Å²) in [5.74, 6) is -1.50. The number of urea groups is 1. The predicted octanol–water partition coefficient (Wildman–Crippen LogP) is 3.09. The van der Waals surface area contributed by atoms with Crippen molar-refractivity contribution in [3.05, 3.63) is 39.4 Å².